The van der Waals surface area contributed by atoms with Gasteiger partial charge in [-0.15, -0.1) is 0 Å². The zero-order chi connectivity index (χ0) is 39.7. The third-order valence-electron chi connectivity index (χ3n) is 11.5. The molecule has 3 unspecified atom stereocenters. The third kappa shape index (κ3) is 6.97. The van der Waals surface area contributed by atoms with E-state index in [-0.39, 0.29) is 18.1 Å². The molecule has 0 fully saturated rings. The minimum atomic E-state index is -0.387. The van der Waals surface area contributed by atoms with Crippen molar-refractivity contribution in [1.82, 2.24) is 25.3 Å². The normalized spacial score (nSPS) is 19.5. The molecule has 4 aliphatic rings. The van der Waals surface area contributed by atoms with Crippen molar-refractivity contribution in [2.45, 2.75) is 44.8 Å². The molecule has 8 heteroatoms. The summed E-state index contributed by atoms with van der Waals surface area (Å²) in [5.74, 6) is 2.20. The minimum absolute atomic E-state index is 0.000184. The van der Waals surface area contributed by atoms with Crippen LogP contribution in [0.25, 0.3) is 28.5 Å². The molecule has 1 N–H and O–H groups in total. The molecule has 0 saturated carbocycles. The van der Waals surface area contributed by atoms with Gasteiger partial charge in [0.1, 0.15) is 11.9 Å². The maximum atomic E-state index is 5.44. The maximum absolute atomic E-state index is 5.44. The molecule has 0 saturated heterocycles. The molecule has 0 amide bonds. The highest BCUT2D eigenvalue weighted by Crippen LogP contribution is 2.43. The second-order valence-corrected chi connectivity index (χ2v) is 15.2. The molecule has 0 radical (unpaired) electrons. The Morgan fingerprint density at radius 2 is 1.27 bits per heavy atom. The van der Waals surface area contributed by atoms with Crippen molar-refractivity contribution in [3.8, 4) is 22.8 Å². The second kappa shape index (κ2) is 15.6. The van der Waals surface area contributed by atoms with E-state index in [1.807, 2.05) is 86.1 Å². The van der Waals surface area contributed by atoms with Gasteiger partial charge in [-0.1, -0.05) is 140 Å². The van der Waals surface area contributed by atoms with Gasteiger partial charge in [0.2, 0.25) is 0 Å². The van der Waals surface area contributed by atoms with E-state index in [1.54, 1.807) is 0 Å². The molecule has 2 aliphatic heterocycles. The fourth-order valence-corrected chi connectivity index (χ4v) is 8.55. The summed E-state index contributed by atoms with van der Waals surface area (Å²) in [6.07, 6.45) is 14.8. The van der Waals surface area contributed by atoms with Crippen LogP contribution in [-0.4, -0.2) is 37.2 Å². The quantitative estimate of drug-likeness (QED) is 0.156. The fourth-order valence-electron chi connectivity index (χ4n) is 8.55. The van der Waals surface area contributed by atoms with Crippen LogP contribution >= 0.6 is 0 Å². The standard InChI is InChI=1S/C51H42N8/c1-3-4-8-16-32(2)48-56-44(38-25-27-42-40(46(38)58-48)30-52-49(54-42)33-17-9-5-10-18-33)36-23-15-24-37(29-36)45-39-26-28-43-41(31-53-50(55-43)34-19-11-6-12-20-34)47(39)59-51(57-45)35-21-13-7-14-22-35/h3-24,29-31,39,44,51H,2,25-28H2,1H3,(H,56,58). The molecule has 10 rings (SSSR count). The van der Waals surface area contributed by atoms with Gasteiger partial charge in [0.15, 0.2) is 17.8 Å². The van der Waals surface area contributed by atoms with Crippen LogP contribution in [0.1, 0.15) is 71.2 Å². The van der Waals surface area contributed by atoms with Gasteiger partial charge in [-0.3, -0.25) is 15.0 Å². The summed E-state index contributed by atoms with van der Waals surface area (Å²) in [5.41, 5.74) is 14.4. The Kier molecular flexibility index (Phi) is 9.58. The molecule has 0 bridgehead atoms. The first-order valence-corrected chi connectivity index (χ1v) is 20.3. The molecule has 59 heavy (non-hydrogen) atoms. The summed E-state index contributed by atoms with van der Waals surface area (Å²) in [6, 6.07) is 39.3. The average molecular weight is 767 g/mol. The number of allylic oxidation sites excluding steroid dienone is 3. The van der Waals surface area contributed by atoms with Crippen LogP contribution in [0.2, 0.25) is 0 Å². The largest absolute Gasteiger partial charge is 0.339 e. The fraction of sp³-hybridized carbons (Fsp3) is 0.157. The number of nitrogens with one attached hydrogen (secondary N) is 1. The predicted molar refractivity (Wildman–Crippen MR) is 237 cm³/mol. The van der Waals surface area contributed by atoms with Crippen LogP contribution in [0.5, 0.6) is 0 Å². The second-order valence-electron chi connectivity index (χ2n) is 15.2. The average Bonchev–Trinajstić information content (AvgIpc) is 3.31. The Labute approximate surface area is 344 Å². The lowest BCUT2D eigenvalue weighted by Gasteiger charge is -2.34. The molecule has 8 nitrogen and oxygen atoms in total. The highest BCUT2D eigenvalue weighted by Gasteiger charge is 2.37. The number of benzene rings is 4. The molecule has 3 atom stereocenters. The Bertz CT molecular complexity index is 2780. The molecule has 4 aromatic carbocycles. The highest BCUT2D eigenvalue weighted by molar-refractivity contribution is 6.22. The Morgan fingerprint density at radius 1 is 0.644 bits per heavy atom. The van der Waals surface area contributed by atoms with Crippen LogP contribution in [-0.2, 0) is 12.8 Å². The monoisotopic (exact) mass is 766 g/mol. The van der Waals surface area contributed by atoms with Crippen molar-refractivity contribution < 1.29 is 0 Å². The SMILES string of the molecule is C=C(C=CC=CC)C1=NC(c2cccc(C3=NC(c4ccccc4)N=C4c5cnc(-c6ccccc6)nc5CCC34)c2)C2=C(N1)c1cnc(-c3ccccc3)nc1CC2. The van der Waals surface area contributed by atoms with Crippen molar-refractivity contribution in [2.75, 3.05) is 0 Å². The molecule has 0 spiro atoms. The summed E-state index contributed by atoms with van der Waals surface area (Å²) in [4.78, 5) is 36.1. The van der Waals surface area contributed by atoms with E-state index in [0.717, 1.165) is 116 Å². The van der Waals surface area contributed by atoms with Gasteiger partial charge in [0, 0.05) is 46.1 Å². The summed E-state index contributed by atoms with van der Waals surface area (Å²) in [5, 5.41) is 3.68. The number of aliphatic imine (C=N–C) groups is 3. The van der Waals surface area contributed by atoms with Crippen molar-refractivity contribution in [2.24, 2.45) is 20.9 Å². The Balaban J connectivity index is 1.05. The number of nitrogens with zero attached hydrogens (tertiary/aromatic N) is 7. The number of hydrogen-bond acceptors (Lipinski definition) is 8. The summed E-state index contributed by atoms with van der Waals surface area (Å²) >= 11 is 0. The molecule has 2 aromatic heterocycles. The molecule has 286 valence electrons. The lowest BCUT2D eigenvalue weighted by atomic mass is 9.78. The van der Waals surface area contributed by atoms with Crippen molar-refractivity contribution in [1.29, 1.82) is 0 Å². The van der Waals surface area contributed by atoms with E-state index in [0.29, 0.717) is 0 Å². The summed E-state index contributed by atoms with van der Waals surface area (Å²) in [7, 11) is 0. The van der Waals surface area contributed by atoms with Crippen LogP contribution in [0.15, 0.2) is 185 Å². The number of aromatic nitrogens is 4. The summed E-state index contributed by atoms with van der Waals surface area (Å²) in [6.45, 7) is 6.43. The predicted octanol–water partition coefficient (Wildman–Crippen LogP) is 10.2. The van der Waals surface area contributed by atoms with Gasteiger partial charge in [-0.2, -0.15) is 0 Å². The third-order valence-corrected chi connectivity index (χ3v) is 11.5. The van der Waals surface area contributed by atoms with E-state index < -0.39 is 0 Å². The van der Waals surface area contributed by atoms with Crippen LogP contribution in [0, 0.1) is 5.92 Å². The van der Waals surface area contributed by atoms with Crippen molar-refractivity contribution in [3.05, 3.63) is 209 Å². The van der Waals surface area contributed by atoms with Gasteiger partial charge < -0.3 is 5.32 Å². The van der Waals surface area contributed by atoms with E-state index in [1.165, 1.54) is 5.57 Å². The van der Waals surface area contributed by atoms with E-state index in [9.17, 15) is 0 Å². The topological polar surface area (TPSA) is 101 Å². The molecular weight excluding hydrogens is 725 g/mol. The van der Waals surface area contributed by atoms with Gasteiger partial charge >= 0.3 is 0 Å². The van der Waals surface area contributed by atoms with Crippen molar-refractivity contribution in [3.63, 3.8) is 0 Å². The number of aryl methyl sites for hydroxylation is 2. The van der Waals surface area contributed by atoms with Gasteiger partial charge in [-0.05, 0) is 60.9 Å². The zero-order valence-corrected chi connectivity index (χ0v) is 32.8. The first-order valence-electron chi connectivity index (χ1n) is 20.3. The summed E-state index contributed by atoms with van der Waals surface area (Å²) < 4.78 is 0. The Hall–Kier alpha value is -7.19. The van der Waals surface area contributed by atoms with Crippen LogP contribution in [0.4, 0.5) is 0 Å². The maximum Gasteiger partial charge on any atom is 0.165 e. The van der Waals surface area contributed by atoms with Gasteiger partial charge in [0.05, 0.1) is 28.5 Å². The lowest BCUT2D eigenvalue weighted by Crippen LogP contribution is -2.35. The lowest BCUT2D eigenvalue weighted by molar-refractivity contribution is 0.667. The van der Waals surface area contributed by atoms with E-state index >= 15 is 0 Å². The van der Waals surface area contributed by atoms with Crippen LogP contribution in [0.3, 0.4) is 0 Å². The van der Waals surface area contributed by atoms with E-state index in [4.69, 9.17) is 34.9 Å². The zero-order valence-electron chi connectivity index (χ0n) is 32.8. The molecular formula is C51H42N8. The number of fused-ring (bicyclic) bond motifs is 5. The smallest absolute Gasteiger partial charge is 0.165 e. The van der Waals surface area contributed by atoms with Gasteiger partial charge in [0.25, 0.3) is 0 Å². The minimum Gasteiger partial charge on any atom is -0.339 e. The first kappa shape index (κ1) is 36.2. The van der Waals surface area contributed by atoms with Crippen molar-refractivity contribution >= 4 is 23.0 Å². The highest BCUT2D eigenvalue weighted by atomic mass is 15.1. The number of rotatable bonds is 8. The molecule has 2 aliphatic carbocycles. The van der Waals surface area contributed by atoms with Crippen LogP contribution < -0.4 is 5.32 Å². The Morgan fingerprint density at radius 3 is 1.98 bits per heavy atom. The number of amidine groups is 1. The molecule has 6 aromatic rings. The first-order chi connectivity index (χ1) is 29.1. The molecule has 4 heterocycles. The number of hydrogen-bond donors (Lipinski definition) is 1. The van der Waals surface area contributed by atoms with E-state index in [2.05, 4.69) is 84.7 Å². The van der Waals surface area contributed by atoms with Gasteiger partial charge in [-0.25, -0.2) is 19.9 Å².